The van der Waals surface area contributed by atoms with Crippen LogP contribution >= 0.6 is 0 Å². The van der Waals surface area contributed by atoms with Gasteiger partial charge in [0, 0.05) is 19.4 Å². The Bertz CT molecular complexity index is 708. The average Bonchev–Trinajstić information content (AvgIpc) is 2.82. The Morgan fingerprint density at radius 2 is 1.96 bits per heavy atom. The summed E-state index contributed by atoms with van der Waals surface area (Å²) in [5, 5.41) is 9.71. The third-order valence-corrected chi connectivity index (χ3v) is 9.57. The van der Waals surface area contributed by atoms with Gasteiger partial charge in [0.05, 0.1) is 12.7 Å². The summed E-state index contributed by atoms with van der Waals surface area (Å²) in [5.41, 5.74) is -1.08. The fourth-order valence-corrected chi connectivity index (χ4v) is 3.94. The maximum atomic E-state index is 12.1. The molecule has 8 nitrogen and oxygen atoms in total. The van der Waals surface area contributed by atoms with Gasteiger partial charge in [-0.15, -0.1) is 18.1 Å². The van der Waals surface area contributed by atoms with E-state index in [-0.39, 0.29) is 11.6 Å². The first-order chi connectivity index (χ1) is 11.5. The summed E-state index contributed by atoms with van der Waals surface area (Å²) < 4.78 is 19.1. The maximum absolute atomic E-state index is 12.1. The van der Waals surface area contributed by atoms with Crippen LogP contribution in [0.15, 0.2) is 21.9 Å². The zero-order valence-electron chi connectivity index (χ0n) is 15.6. The molecule has 0 amide bonds. The van der Waals surface area contributed by atoms with Crippen LogP contribution in [0, 0.1) is 0 Å². The highest BCUT2D eigenvalue weighted by molar-refractivity contribution is 6.74. The van der Waals surface area contributed by atoms with Gasteiger partial charge in [-0.05, 0) is 8.32 Å². The van der Waals surface area contributed by atoms with Crippen LogP contribution < -0.4 is 11.2 Å². The highest BCUT2D eigenvalue weighted by atomic mass is 28.4. The van der Waals surface area contributed by atoms with E-state index in [1.165, 1.54) is 23.9 Å². The van der Waals surface area contributed by atoms with Crippen LogP contribution in [-0.4, -0.2) is 55.0 Å². The molecule has 0 saturated carbocycles. The molecule has 0 radical (unpaired) electrons. The Kier molecular flexibility index (Phi) is 5.74. The molecule has 0 bridgehead atoms. The Balaban J connectivity index is 2.38. The number of aromatic nitrogens is 2. The first-order valence-electron chi connectivity index (χ1n) is 8.30. The number of rotatable bonds is 5. The van der Waals surface area contributed by atoms with Gasteiger partial charge in [0.2, 0.25) is 0 Å². The third-order valence-electron chi connectivity index (χ3n) is 5.10. The standard InChI is InChI=1S/C16H28N2O6Si/c1-16(2,3)25(5,6)24-12-10(9-19)23-14(13(12)22-4)18-8-7-11(20)17-15(18)21/h7-8,10,12-14,19H,9H2,1-6H3,(H,17,20,21)/q-1/t10-,12-,13-,14-/m1/s1. The number of ether oxygens (including phenoxy) is 2. The van der Waals surface area contributed by atoms with E-state index < -0.39 is 44.1 Å². The van der Waals surface area contributed by atoms with Crippen LogP contribution in [-0.2, 0) is 13.9 Å². The predicted octanol–water partition coefficient (Wildman–Crippen LogP) is 0.832. The van der Waals surface area contributed by atoms with Crippen molar-refractivity contribution in [1.29, 1.82) is 0 Å². The number of aliphatic hydroxyl groups is 1. The molecule has 1 aliphatic rings. The van der Waals surface area contributed by atoms with E-state index in [9.17, 15) is 14.7 Å². The fourth-order valence-electron chi connectivity index (χ4n) is 2.62. The molecule has 0 aliphatic carbocycles. The summed E-state index contributed by atoms with van der Waals surface area (Å²) in [7, 11) is -0.642. The Morgan fingerprint density at radius 3 is 2.44 bits per heavy atom. The van der Waals surface area contributed by atoms with E-state index in [4.69, 9.17) is 13.9 Å². The zero-order valence-corrected chi connectivity index (χ0v) is 16.6. The molecule has 2 heterocycles. The normalized spacial score (nSPS) is 27.6. The van der Waals surface area contributed by atoms with Crippen LogP contribution in [0.4, 0.5) is 0 Å². The minimum Gasteiger partial charge on any atom is -0.558 e. The highest BCUT2D eigenvalue weighted by Crippen LogP contribution is 2.41. The van der Waals surface area contributed by atoms with Crippen LogP contribution in [0.1, 0.15) is 27.0 Å². The molecule has 1 aromatic heterocycles. The lowest BCUT2D eigenvalue weighted by atomic mass is 10.1. The minimum atomic E-state index is -2.16. The molecule has 1 fully saturated rings. The number of aromatic amines is 1. The molecule has 0 unspecified atom stereocenters. The van der Waals surface area contributed by atoms with Gasteiger partial charge < -0.3 is 19.0 Å². The van der Waals surface area contributed by atoms with E-state index in [0.29, 0.717) is 0 Å². The van der Waals surface area contributed by atoms with Gasteiger partial charge in [-0.1, -0.05) is 20.8 Å². The number of hydrogen-bond acceptors (Lipinski definition) is 6. The third kappa shape index (κ3) is 3.95. The minimum absolute atomic E-state index is 0.0296. The average molecular weight is 372 g/mol. The van der Waals surface area contributed by atoms with Crippen molar-refractivity contribution in [3.63, 3.8) is 0 Å². The summed E-state index contributed by atoms with van der Waals surface area (Å²) in [4.78, 5) is 25.6. The molecule has 0 aromatic carbocycles. The van der Waals surface area contributed by atoms with Crippen LogP contribution in [0.3, 0.4) is 0 Å². The van der Waals surface area contributed by atoms with Gasteiger partial charge in [-0.3, -0.25) is 14.3 Å². The molecule has 2 N–H and O–H groups in total. The van der Waals surface area contributed by atoms with Gasteiger partial charge in [0.15, 0.2) is 6.23 Å². The van der Waals surface area contributed by atoms with E-state index in [2.05, 4.69) is 38.8 Å². The van der Waals surface area contributed by atoms with Crippen molar-refractivity contribution in [2.75, 3.05) is 13.7 Å². The van der Waals surface area contributed by atoms with Crippen molar-refractivity contribution in [3.05, 3.63) is 33.1 Å². The van der Waals surface area contributed by atoms with Crippen LogP contribution in [0.2, 0.25) is 18.1 Å². The summed E-state index contributed by atoms with van der Waals surface area (Å²) in [6, 6.07) is 1.24. The Hall–Kier alpha value is -1.26. The molecule has 1 aliphatic heterocycles. The number of H-pyrrole nitrogens is 1. The molecule has 1 aromatic rings. The Labute approximate surface area is 147 Å². The first kappa shape index (κ1) is 20.1. The second-order valence-corrected chi connectivity index (χ2v) is 12.6. The van der Waals surface area contributed by atoms with Gasteiger partial charge in [-0.25, -0.2) is 4.79 Å². The quantitative estimate of drug-likeness (QED) is 0.742. The molecular formula is C16H28N2O6Si-. The van der Waals surface area contributed by atoms with Crippen LogP contribution in [0.25, 0.3) is 0 Å². The lowest BCUT2D eigenvalue weighted by molar-refractivity contribution is -0.0625. The van der Waals surface area contributed by atoms with E-state index in [1.54, 1.807) is 0 Å². The number of aliphatic hydroxyl groups excluding tert-OH is 1. The number of nitrogens with one attached hydrogen (secondary N) is 1. The topological polar surface area (TPSA) is 103 Å². The summed E-state index contributed by atoms with van der Waals surface area (Å²) >= 11 is 0. The lowest BCUT2D eigenvalue weighted by Gasteiger charge is -2.51. The predicted molar refractivity (Wildman–Crippen MR) is 95.2 cm³/mol. The number of nitrogens with zero attached hydrogens (tertiary/aromatic N) is 1. The van der Waals surface area contributed by atoms with E-state index >= 15 is 0 Å². The van der Waals surface area contributed by atoms with Gasteiger partial charge >= 0.3 is 5.69 Å². The van der Waals surface area contributed by atoms with Crippen molar-refractivity contribution >= 4 is 8.32 Å². The molecule has 143 valence electrons. The largest absolute Gasteiger partial charge is 0.558 e. The van der Waals surface area contributed by atoms with Crippen molar-refractivity contribution < 1.29 is 19.0 Å². The summed E-state index contributed by atoms with van der Waals surface area (Å²) in [6.45, 7) is 10.3. The first-order valence-corrected chi connectivity index (χ1v) is 11.2. The molecule has 4 atom stereocenters. The SMILES string of the molecule is CO[C@@H]1[C@H](O[Si-](C)(C)C(C)(C)C)[C@@H](CO)O[C@H]1n1ccc(=O)[nH]c1=O. The zero-order chi connectivity index (χ0) is 19.0. The van der Waals surface area contributed by atoms with Crippen LogP contribution in [0.5, 0.6) is 0 Å². The van der Waals surface area contributed by atoms with Gasteiger partial charge in [-0.2, -0.15) is 0 Å². The molecule has 1 saturated heterocycles. The van der Waals surface area contributed by atoms with Gasteiger partial charge in [0.25, 0.3) is 5.56 Å². The van der Waals surface area contributed by atoms with E-state index in [1.807, 2.05) is 0 Å². The van der Waals surface area contributed by atoms with Crippen molar-refractivity contribution in [2.45, 2.75) is 63.4 Å². The fraction of sp³-hybridized carbons (Fsp3) is 0.750. The second-order valence-electron chi connectivity index (χ2n) is 7.81. The van der Waals surface area contributed by atoms with Gasteiger partial charge in [0.1, 0.15) is 12.2 Å². The monoisotopic (exact) mass is 372 g/mol. The molecule has 2 rings (SSSR count). The maximum Gasteiger partial charge on any atom is 0.330 e. The van der Waals surface area contributed by atoms with Crippen molar-refractivity contribution in [2.24, 2.45) is 0 Å². The second kappa shape index (κ2) is 7.16. The number of methoxy groups -OCH3 is 1. The molecule has 0 spiro atoms. The summed E-state index contributed by atoms with van der Waals surface area (Å²) in [5.74, 6) is 0. The smallest absolute Gasteiger partial charge is 0.330 e. The lowest BCUT2D eigenvalue weighted by Crippen LogP contribution is -2.50. The molecular weight excluding hydrogens is 344 g/mol. The van der Waals surface area contributed by atoms with E-state index in [0.717, 1.165) is 0 Å². The molecule has 9 heteroatoms. The van der Waals surface area contributed by atoms with Crippen molar-refractivity contribution in [1.82, 2.24) is 9.55 Å². The number of hydrogen-bond donors (Lipinski definition) is 2. The Morgan fingerprint density at radius 1 is 1.32 bits per heavy atom. The molecule has 25 heavy (non-hydrogen) atoms. The highest BCUT2D eigenvalue weighted by Gasteiger charge is 2.47. The summed E-state index contributed by atoms with van der Waals surface area (Å²) in [6.07, 6.45) is -1.15. The van der Waals surface area contributed by atoms with Crippen molar-refractivity contribution in [3.8, 4) is 0 Å².